The van der Waals surface area contributed by atoms with Gasteiger partial charge >= 0.3 is 0 Å². The molecule has 4 heteroatoms. The molecule has 102 valence electrons. The van der Waals surface area contributed by atoms with E-state index in [-0.39, 0.29) is 5.41 Å². The Morgan fingerprint density at radius 1 is 1.17 bits per heavy atom. The third-order valence-electron chi connectivity index (χ3n) is 2.64. The molecule has 0 saturated heterocycles. The molecule has 0 radical (unpaired) electrons. The highest BCUT2D eigenvalue weighted by Gasteiger charge is 2.18. The molecular weight excluding hydrogens is 226 g/mol. The molecule has 0 atom stereocenters. The fourth-order valence-electron chi connectivity index (χ4n) is 1.56. The zero-order valence-electron chi connectivity index (χ0n) is 12.0. The number of aromatic nitrogens is 2. The maximum absolute atomic E-state index is 5.78. The van der Waals surface area contributed by atoms with Gasteiger partial charge in [-0.2, -0.15) is 4.98 Å². The Morgan fingerprint density at radius 3 is 2.50 bits per heavy atom. The molecule has 0 aliphatic rings. The molecule has 0 aromatic carbocycles. The highest BCUT2D eigenvalue weighted by atomic mass is 16.5. The zero-order valence-corrected chi connectivity index (χ0v) is 12.0. The molecule has 0 saturated carbocycles. The Bertz CT molecular complexity index is 372. The van der Waals surface area contributed by atoms with E-state index in [0.717, 1.165) is 12.2 Å². The van der Waals surface area contributed by atoms with Crippen molar-refractivity contribution in [3.05, 3.63) is 11.9 Å². The molecule has 0 spiro atoms. The predicted molar refractivity (Wildman–Crippen MR) is 74.8 cm³/mol. The monoisotopic (exact) mass is 251 g/mol. The van der Waals surface area contributed by atoms with E-state index in [0.29, 0.717) is 18.3 Å². The van der Waals surface area contributed by atoms with Gasteiger partial charge in [0.25, 0.3) is 0 Å². The van der Waals surface area contributed by atoms with Crippen molar-refractivity contribution in [1.29, 1.82) is 0 Å². The summed E-state index contributed by atoms with van der Waals surface area (Å²) >= 11 is 0. The number of nitrogens with two attached hydrogens (primary N) is 1. The van der Waals surface area contributed by atoms with Crippen molar-refractivity contribution in [2.24, 2.45) is 0 Å². The molecule has 1 rings (SSSR count). The lowest BCUT2D eigenvalue weighted by atomic mass is 9.96. The maximum atomic E-state index is 5.78. The van der Waals surface area contributed by atoms with Gasteiger partial charge in [-0.1, -0.05) is 47.0 Å². The van der Waals surface area contributed by atoms with Crippen molar-refractivity contribution in [2.45, 2.75) is 58.8 Å². The van der Waals surface area contributed by atoms with Crippen LogP contribution in [-0.2, 0) is 5.41 Å². The highest BCUT2D eigenvalue weighted by Crippen LogP contribution is 2.22. The minimum Gasteiger partial charge on any atom is -0.478 e. The summed E-state index contributed by atoms with van der Waals surface area (Å²) in [4.78, 5) is 8.66. The Kier molecular flexibility index (Phi) is 5.38. The lowest BCUT2D eigenvalue weighted by molar-refractivity contribution is 0.290. The number of anilines is 1. The molecular formula is C14H25N3O. The average Bonchev–Trinajstić information content (AvgIpc) is 2.27. The van der Waals surface area contributed by atoms with E-state index < -0.39 is 0 Å². The van der Waals surface area contributed by atoms with Crippen molar-refractivity contribution < 1.29 is 4.74 Å². The average molecular weight is 251 g/mol. The van der Waals surface area contributed by atoms with Gasteiger partial charge in [-0.3, -0.25) is 0 Å². The first-order valence-corrected chi connectivity index (χ1v) is 6.71. The topological polar surface area (TPSA) is 61.0 Å². The number of ether oxygens (including phenoxy) is 1. The number of hydrogen-bond donors (Lipinski definition) is 1. The van der Waals surface area contributed by atoms with Gasteiger partial charge in [0.1, 0.15) is 11.6 Å². The summed E-state index contributed by atoms with van der Waals surface area (Å²) in [6.07, 6.45) is 4.74. The first-order chi connectivity index (χ1) is 8.43. The largest absolute Gasteiger partial charge is 0.478 e. The van der Waals surface area contributed by atoms with Crippen LogP contribution in [0, 0.1) is 0 Å². The van der Waals surface area contributed by atoms with Gasteiger partial charge in [0.2, 0.25) is 5.88 Å². The van der Waals surface area contributed by atoms with Gasteiger partial charge in [-0.05, 0) is 6.42 Å². The maximum Gasteiger partial charge on any atom is 0.218 e. The Hall–Kier alpha value is -1.32. The van der Waals surface area contributed by atoms with E-state index in [1.165, 1.54) is 19.3 Å². The summed E-state index contributed by atoms with van der Waals surface area (Å²) in [5, 5.41) is 0. The number of unbranched alkanes of at least 4 members (excludes halogenated alkanes) is 3. The van der Waals surface area contributed by atoms with E-state index in [9.17, 15) is 0 Å². The number of hydrogen-bond acceptors (Lipinski definition) is 4. The minimum absolute atomic E-state index is 0.115. The normalized spacial score (nSPS) is 11.6. The second kappa shape index (κ2) is 6.57. The van der Waals surface area contributed by atoms with E-state index in [4.69, 9.17) is 10.5 Å². The first-order valence-electron chi connectivity index (χ1n) is 6.71. The van der Waals surface area contributed by atoms with E-state index in [1.54, 1.807) is 6.07 Å². The number of nitrogens with zero attached hydrogens (tertiary/aromatic N) is 2. The van der Waals surface area contributed by atoms with Gasteiger partial charge in [-0.15, -0.1) is 0 Å². The van der Waals surface area contributed by atoms with Crippen LogP contribution in [0.2, 0.25) is 0 Å². The van der Waals surface area contributed by atoms with E-state index in [1.807, 2.05) is 0 Å². The van der Waals surface area contributed by atoms with Crippen molar-refractivity contribution in [1.82, 2.24) is 9.97 Å². The standard InChI is InChI=1S/C14H25N3O/c1-5-6-7-8-9-18-12-10-11(15)16-13(17-12)14(2,3)4/h10H,5-9H2,1-4H3,(H2,15,16,17). The van der Waals surface area contributed by atoms with Crippen LogP contribution in [-0.4, -0.2) is 16.6 Å². The molecule has 1 aromatic rings. The molecule has 0 aliphatic carbocycles. The zero-order chi connectivity index (χ0) is 13.6. The van der Waals surface area contributed by atoms with Gasteiger partial charge in [-0.25, -0.2) is 4.98 Å². The van der Waals surface area contributed by atoms with Crippen LogP contribution in [0.1, 0.15) is 59.2 Å². The second-order valence-corrected chi connectivity index (χ2v) is 5.61. The molecule has 2 N–H and O–H groups in total. The van der Waals surface area contributed by atoms with Crippen molar-refractivity contribution in [2.75, 3.05) is 12.3 Å². The summed E-state index contributed by atoms with van der Waals surface area (Å²) in [6.45, 7) is 9.08. The van der Waals surface area contributed by atoms with Crippen LogP contribution >= 0.6 is 0 Å². The van der Waals surface area contributed by atoms with Crippen LogP contribution in [0.25, 0.3) is 0 Å². The van der Waals surface area contributed by atoms with Crippen LogP contribution in [0.3, 0.4) is 0 Å². The molecule has 1 heterocycles. The molecule has 0 amide bonds. The number of nitrogen functional groups attached to an aromatic ring is 1. The fourth-order valence-corrected chi connectivity index (χ4v) is 1.56. The van der Waals surface area contributed by atoms with Crippen LogP contribution in [0.15, 0.2) is 6.07 Å². The molecule has 18 heavy (non-hydrogen) atoms. The van der Waals surface area contributed by atoms with Gasteiger partial charge in [0.05, 0.1) is 6.61 Å². The van der Waals surface area contributed by atoms with Crippen molar-refractivity contribution in [3.63, 3.8) is 0 Å². The number of rotatable bonds is 6. The summed E-state index contributed by atoms with van der Waals surface area (Å²) in [5.74, 6) is 1.79. The van der Waals surface area contributed by atoms with Gasteiger partial charge in [0.15, 0.2) is 0 Å². The van der Waals surface area contributed by atoms with Crippen LogP contribution in [0.4, 0.5) is 5.82 Å². The highest BCUT2D eigenvalue weighted by molar-refractivity contribution is 5.34. The first kappa shape index (κ1) is 14.7. The minimum atomic E-state index is -0.115. The Labute approximate surface area is 110 Å². The van der Waals surface area contributed by atoms with Gasteiger partial charge < -0.3 is 10.5 Å². The molecule has 0 fully saturated rings. The summed E-state index contributed by atoms with van der Waals surface area (Å²) < 4.78 is 5.64. The van der Waals surface area contributed by atoms with Crippen molar-refractivity contribution >= 4 is 5.82 Å². The summed E-state index contributed by atoms with van der Waals surface area (Å²) in [6, 6.07) is 1.69. The van der Waals surface area contributed by atoms with Crippen LogP contribution < -0.4 is 10.5 Å². The quantitative estimate of drug-likeness (QED) is 0.788. The fraction of sp³-hybridized carbons (Fsp3) is 0.714. The second-order valence-electron chi connectivity index (χ2n) is 5.61. The summed E-state index contributed by atoms with van der Waals surface area (Å²) in [5.41, 5.74) is 5.66. The molecule has 0 aliphatic heterocycles. The molecule has 0 bridgehead atoms. The lowest BCUT2D eigenvalue weighted by Gasteiger charge is -2.17. The van der Waals surface area contributed by atoms with Crippen molar-refractivity contribution in [3.8, 4) is 5.88 Å². The SMILES string of the molecule is CCCCCCOc1cc(N)nc(C(C)(C)C)n1. The molecule has 4 nitrogen and oxygen atoms in total. The third-order valence-corrected chi connectivity index (χ3v) is 2.64. The third kappa shape index (κ3) is 4.90. The molecule has 1 aromatic heterocycles. The summed E-state index contributed by atoms with van der Waals surface area (Å²) in [7, 11) is 0. The Morgan fingerprint density at radius 2 is 1.89 bits per heavy atom. The van der Waals surface area contributed by atoms with E-state index >= 15 is 0 Å². The van der Waals surface area contributed by atoms with E-state index in [2.05, 4.69) is 37.7 Å². The lowest BCUT2D eigenvalue weighted by Crippen LogP contribution is -2.17. The van der Waals surface area contributed by atoms with Gasteiger partial charge in [0, 0.05) is 11.5 Å². The Balaban J connectivity index is 2.58. The molecule has 0 unspecified atom stereocenters. The smallest absolute Gasteiger partial charge is 0.218 e. The predicted octanol–water partition coefficient (Wildman–Crippen LogP) is 3.32. The van der Waals surface area contributed by atoms with Crippen LogP contribution in [0.5, 0.6) is 5.88 Å².